The lowest BCUT2D eigenvalue weighted by Crippen LogP contribution is -2.46. The second kappa shape index (κ2) is 12.2. The topological polar surface area (TPSA) is 66.0 Å². The Morgan fingerprint density at radius 3 is 2.62 bits per heavy atom. The molecule has 2 rings (SSSR count). The van der Waals surface area contributed by atoms with Crippen molar-refractivity contribution in [3.05, 3.63) is 28.8 Å². The summed E-state index contributed by atoms with van der Waals surface area (Å²) in [6, 6.07) is 5.66. The fourth-order valence-corrected chi connectivity index (χ4v) is 3.07. The molecule has 0 radical (unpaired) electrons. The van der Waals surface area contributed by atoms with Crippen LogP contribution in [0, 0.1) is 0 Å². The van der Waals surface area contributed by atoms with Crippen molar-refractivity contribution in [2.75, 3.05) is 40.3 Å². The van der Waals surface area contributed by atoms with Gasteiger partial charge in [0.05, 0.1) is 13.7 Å². The first-order valence-corrected chi connectivity index (χ1v) is 9.06. The van der Waals surface area contributed by atoms with Gasteiger partial charge in [0, 0.05) is 31.7 Å². The molecule has 0 aromatic heterocycles. The van der Waals surface area contributed by atoms with E-state index < -0.39 is 0 Å². The van der Waals surface area contributed by atoms with Crippen LogP contribution in [0.15, 0.2) is 23.2 Å². The highest BCUT2D eigenvalue weighted by Crippen LogP contribution is 2.22. The van der Waals surface area contributed by atoms with Gasteiger partial charge in [-0.3, -0.25) is 9.79 Å². The molecule has 8 heteroatoms. The van der Waals surface area contributed by atoms with Crippen molar-refractivity contribution in [3.63, 3.8) is 0 Å². The van der Waals surface area contributed by atoms with E-state index >= 15 is 0 Å². The van der Waals surface area contributed by atoms with Crippen LogP contribution in [-0.4, -0.2) is 57.1 Å². The van der Waals surface area contributed by atoms with Crippen molar-refractivity contribution in [1.82, 2.24) is 15.5 Å². The molecule has 1 fully saturated rings. The zero-order valence-electron chi connectivity index (χ0n) is 15.4. The number of carbonyl (C=O) groups excluding carboxylic acids is 1. The van der Waals surface area contributed by atoms with Crippen LogP contribution >= 0.6 is 35.6 Å². The SMILES string of the molecule is CN=C(NCCc1ccc(OC)cc1Cl)NCC(=O)N1CCCCC1.I. The van der Waals surface area contributed by atoms with Crippen LogP contribution in [0.3, 0.4) is 0 Å². The molecule has 0 saturated carbocycles. The maximum atomic E-state index is 12.2. The lowest BCUT2D eigenvalue weighted by Gasteiger charge is -2.27. The Balaban J connectivity index is 0.00000338. The number of likely N-dealkylation sites (tertiary alicyclic amines) is 1. The number of hydrogen-bond acceptors (Lipinski definition) is 3. The second-order valence-corrected chi connectivity index (χ2v) is 6.41. The number of ether oxygens (including phenoxy) is 1. The van der Waals surface area contributed by atoms with E-state index in [9.17, 15) is 4.79 Å². The third-order valence-electron chi connectivity index (χ3n) is 4.29. The molecule has 1 heterocycles. The molecule has 0 atom stereocenters. The normalized spacial score (nSPS) is 14.4. The van der Waals surface area contributed by atoms with Gasteiger partial charge in [0.1, 0.15) is 5.75 Å². The number of nitrogens with zero attached hydrogens (tertiary/aromatic N) is 2. The van der Waals surface area contributed by atoms with E-state index in [1.165, 1.54) is 6.42 Å². The monoisotopic (exact) mass is 494 g/mol. The van der Waals surface area contributed by atoms with Crippen molar-refractivity contribution in [3.8, 4) is 5.75 Å². The second-order valence-electron chi connectivity index (χ2n) is 6.00. The third kappa shape index (κ3) is 7.19. The van der Waals surface area contributed by atoms with E-state index in [0.717, 1.165) is 43.7 Å². The molecule has 1 aromatic carbocycles. The van der Waals surface area contributed by atoms with Gasteiger partial charge in [-0.1, -0.05) is 17.7 Å². The largest absolute Gasteiger partial charge is 0.497 e. The summed E-state index contributed by atoms with van der Waals surface area (Å²) in [5.74, 6) is 1.49. The van der Waals surface area contributed by atoms with Crippen molar-refractivity contribution in [2.45, 2.75) is 25.7 Å². The van der Waals surface area contributed by atoms with Gasteiger partial charge in [0.15, 0.2) is 5.96 Å². The number of aliphatic imine (C=N–C) groups is 1. The Kier molecular flexibility index (Phi) is 10.7. The Labute approximate surface area is 177 Å². The molecular formula is C18H28ClIN4O2. The number of carbonyl (C=O) groups is 1. The minimum Gasteiger partial charge on any atom is -0.497 e. The minimum atomic E-state index is 0. The van der Waals surface area contributed by atoms with Crippen LogP contribution in [0.1, 0.15) is 24.8 Å². The predicted octanol–water partition coefficient (Wildman–Crippen LogP) is 2.69. The molecular weight excluding hydrogens is 467 g/mol. The van der Waals surface area contributed by atoms with Crippen LogP contribution in [0.5, 0.6) is 5.75 Å². The predicted molar refractivity (Wildman–Crippen MR) is 117 cm³/mol. The number of halogens is 2. The molecule has 1 aliphatic heterocycles. The lowest BCUT2D eigenvalue weighted by molar-refractivity contribution is -0.130. The van der Waals surface area contributed by atoms with E-state index in [1.807, 2.05) is 17.0 Å². The maximum absolute atomic E-state index is 12.2. The highest BCUT2D eigenvalue weighted by Gasteiger charge is 2.16. The van der Waals surface area contributed by atoms with Gasteiger partial charge in [-0.25, -0.2) is 0 Å². The summed E-state index contributed by atoms with van der Waals surface area (Å²) >= 11 is 6.24. The molecule has 1 saturated heterocycles. The van der Waals surface area contributed by atoms with Gasteiger partial charge < -0.3 is 20.3 Å². The summed E-state index contributed by atoms with van der Waals surface area (Å²) in [5.41, 5.74) is 1.04. The fourth-order valence-electron chi connectivity index (χ4n) is 2.81. The highest BCUT2D eigenvalue weighted by atomic mass is 127. The first-order chi connectivity index (χ1) is 12.1. The molecule has 26 heavy (non-hydrogen) atoms. The summed E-state index contributed by atoms with van der Waals surface area (Å²) in [6.45, 7) is 2.66. The number of hydrogen-bond donors (Lipinski definition) is 2. The number of piperidine rings is 1. The number of guanidine groups is 1. The van der Waals surface area contributed by atoms with Crippen LogP contribution in [0.4, 0.5) is 0 Å². The van der Waals surface area contributed by atoms with Gasteiger partial charge in [-0.05, 0) is 43.4 Å². The Hall–Kier alpha value is -1.22. The van der Waals surface area contributed by atoms with Crippen LogP contribution in [-0.2, 0) is 11.2 Å². The summed E-state index contributed by atoms with van der Waals surface area (Å²) in [6.07, 6.45) is 4.17. The van der Waals surface area contributed by atoms with Crippen molar-refractivity contribution in [1.29, 1.82) is 0 Å². The Morgan fingerprint density at radius 2 is 2.00 bits per heavy atom. The van der Waals surface area contributed by atoms with Crippen molar-refractivity contribution < 1.29 is 9.53 Å². The first-order valence-electron chi connectivity index (χ1n) is 8.68. The van der Waals surface area contributed by atoms with Crippen molar-refractivity contribution >= 4 is 47.4 Å². The summed E-state index contributed by atoms with van der Waals surface area (Å²) in [4.78, 5) is 18.2. The Morgan fingerprint density at radius 1 is 1.27 bits per heavy atom. The lowest BCUT2D eigenvalue weighted by atomic mass is 10.1. The first kappa shape index (κ1) is 22.8. The summed E-state index contributed by atoms with van der Waals surface area (Å²) < 4.78 is 5.15. The smallest absolute Gasteiger partial charge is 0.241 e. The van der Waals surface area contributed by atoms with Gasteiger partial charge >= 0.3 is 0 Å². The molecule has 146 valence electrons. The number of rotatable bonds is 6. The molecule has 0 spiro atoms. The molecule has 6 nitrogen and oxygen atoms in total. The van der Waals surface area contributed by atoms with E-state index in [4.69, 9.17) is 16.3 Å². The Bertz CT molecular complexity index is 607. The minimum absolute atomic E-state index is 0. The van der Waals surface area contributed by atoms with Gasteiger partial charge in [-0.15, -0.1) is 24.0 Å². The van der Waals surface area contributed by atoms with Gasteiger partial charge in [0.2, 0.25) is 5.91 Å². The molecule has 0 unspecified atom stereocenters. The molecule has 0 aliphatic carbocycles. The fraction of sp³-hybridized carbons (Fsp3) is 0.556. The maximum Gasteiger partial charge on any atom is 0.241 e. The summed E-state index contributed by atoms with van der Waals surface area (Å²) in [7, 11) is 3.31. The third-order valence-corrected chi connectivity index (χ3v) is 4.64. The molecule has 1 amide bonds. The van der Waals surface area contributed by atoms with Crippen molar-refractivity contribution in [2.24, 2.45) is 4.99 Å². The average Bonchev–Trinajstić information content (AvgIpc) is 2.66. The van der Waals surface area contributed by atoms with Crippen LogP contribution in [0.2, 0.25) is 5.02 Å². The zero-order valence-corrected chi connectivity index (χ0v) is 18.5. The van der Waals surface area contributed by atoms with Crippen LogP contribution < -0.4 is 15.4 Å². The molecule has 2 N–H and O–H groups in total. The molecule has 1 aliphatic rings. The molecule has 0 bridgehead atoms. The average molecular weight is 495 g/mol. The van der Waals surface area contributed by atoms with Gasteiger partial charge in [-0.2, -0.15) is 0 Å². The quantitative estimate of drug-likeness (QED) is 0.363. The standard InChI is InChI=1S/C18H27ClN4O2.HI/c1-20-18(22-13-17(24)23-10-4-3-5-11-23)21-9-8-14-6-7-15(25-2)12-16(14)19;/h6-7,12H,3-5,8-11,13H2,1-2H3,(H2,20,21,22);1H. The number of nitrogens with one attached hydrogen (secondary N) is 2. The van der Waals surface area contributed by atoms with E-state index in [1.54, 1.807) is 20.2 Å². The number of methoxy groups -OCH3 is 1. The van der Waals surface area contributed by atoms with Crippen LogP contribution in [0.25, 0.3) is 0 Å². The number of amides is 1. The zero-order chi connectivity index (χ0) is 18.1. The highest BCUT2D eigenvalue weighted by molar-refractivity contribution is 14.0. The summed E-state index contributed by atoms with van der Waals surface area (Å²) in [5, 5.41) is 6.98. The van der Waals surface area contributed by atoms with E-state index in [0.29, 0.717) is 17.5 Å². The number of benzene rings is 1. The van der Waals surface area contributed by atoms with E-state index in [-0.39, 0.29) is 36.4 Å². The molecule has 1 aromatic rings. The van der Waals surface area contributed by atoms with Gasteiger partial charge in [0.25, 0.3) is 0 Å². The van der Waals surface area contributed by atoms with E-state index in [2.05, 4.69) is 15.6 Å².